The molecular weight excluding hydrogens is 496 g/mol. The third-order valence-electron chi connectivity index (χ3n) is 7.33. The molecule has 0 radical (unpaired) electrons. The van der Waals surface area contributed by atoms with Crippen LogP contribution in [0.5, 0.6) is 11.6 Å². The van der Waals surface area contributed by atoms with Gasteiger partial charge in [0.2, 0.25) is 12.6 Å². The van der Waals surface area contributed by atoms with Crippen LogP contribution < -0.4 is 41.9 Å². The highest BCUT2D eigenvalue weighted by Gasteiger charge is 2.37. The van der Waals surface area contributed by atoms with Crippen LogP contribution in [-0.2, 0) is 0 Å². The molecule has 2 aliphatic rings. The number of benzene rings is 4. The first-order valence-corrected chi connectivity index (χ1v) is 14.5. The first-order valence-electron chi connectivity index (χ1n) is 13.2. The summed E-state index contributed by atoms with van der Waals surface area (Å²) in [5.41, 5.74) is 5.15. The van der Waals surface area contributed by atoms with E-state index < -0.39 is 7.92 Å². The first-order chi connectivity index (χ1) is 19.2. The van der Waals surface area contributed by atoms with Crippen molar-refractivity contribution < 1.29 is 4.74 Å². The van der Waals surface area contributed by atoms with Crippen molar-refractivity contribution in [1.29, 1.82) is 0 Å². The van der Waals surface area contributed by atoms with Gasteiger partial charge in [-0.3, -0.25) is 0 Å². The van der Waals surface area contributed by atoms with Gasteiger partial charge in [0.05, 0.1) is 6.67 Å². The van der Waals surface area contributed by atoms with E-state index >= 15 is 0 Å². The van der Waals surface area contributed by atoms with Gasteiger partial charge in [-0.25, -0.2) is 4.98 Å². The van der Waals surface area contributed by atoms with Crippen LogP contribution in [0, 0.1) is 0 Å². The molecule has 6 heteroatoms. The first kappa shape index (κ1) is 23.8. The van der Waals surface area contributed by atoms with Crippen molar-refractivity contribution in [1.82, 2.24) is 9.88 Å². The topological polar surface area (TPSA) is 28.6 Å². The molecule has 3 heterocycles. The molecule has 4 nitrogen and oxygen atoms in total. The van der Waals surface area contributed by atoms with Crippen molar-refractivity contribution >= 4 is 52.6 Å². The summed E-state index contributed by atoms with van der Waals surface area (Å²) in [4.78, 5) is 8.86. The monoisotopic (exact) mass is 523 g/mol. The minimum Gasteiger partial charge on any atom is -0.439 e. The largest absolute Gasteiger partial charge is 0.439 e. The van der Waals surface area contributed by atoms with E-state index in [1.807, 2.05) is 24.3 Å². The van der Waals surface area contributed by atoms with Gasteiger partial charge in [0.15, 0.2) is 0 Å². The lowest BCUT2D eigenvalue weighted by Gasteiger charge is -2.34. The lowest BCUT2D eigenvalue weighted by molar-refractivity contribution is 0.463. The minimum atomic E-state index is -0.685. The number of hydrogen-bond acceptors (Lipinski definition) is 4. The maximum absolute atomic E-state index is 6.16. The Morgan fingerprint density at radius 2 is 1.56 bits per heavy atom. The van der Waals surface area contributed by atoms with E-state index in [1.165, 1.54) is 38.0 Å². The van der Waals surface area contributed by atoms with Gasteiger partial charge >= 0.3 is 0 Å². The second-order valence-electron chi connectivity index (χ2n) is 9.91. The molecule has 1 unspecified atom stereocenters. The third-order valence-corrected chi connectivity index (χ3v) is 9.92. The minimum absolute atomic E-state index is 0.0928. The Balaban J connectivity index is 1.40. The van der Waals surface area contributed by atoms with Crippen molar-refractivity contribution in [2.75, 3.05) is 18.6 Å². The molecule has 0 saturated heterocycles. The Kier molecular flexibility index (Phi) is 6.15. The fourth-order valence-corrected chi connectivity index (χ4v) is 8.24. The summed E-state index contributed by atoms with van der Waals surface area (Å²) >= 11 is 0. The van der Waals surface area contributed by atoms with Gasteiger partial charge in [-0.15, -0.1) is 0 Å². The SMILES string of the molecule is CN1C=CN(c2ccc3c(c2)B(c2cccc(Oc4ccccn4)c2)c2ccccc2P3c2ccccc2)C1. The Morgan fingerprint density at radius 1 is 0.744 bits per heavy atom. The van der Waals surface area contributed by atoms with E-state index in [9.17, 15) is 0 Å². The zero-order valence-corrected chi connectivity index (χ0v) is 22.6. The van der Waals surface area contributed by atoms with Crippen molar-refractivity contribution in [3.8, 4) is 11.6 Å². The second-order valence-corrected chi connectivity index (χ2v) is 12.1. The third kappa shape index (κ3) is 4.49. The lowest BCUT2D eigenvalue weighted by Crippen LogP contribution is -2.64. The summed E-state index contributed by atoms with van der Waals surface area (Å²) in [5, 5.41) is 4.21. The average molecular weight is 523 g/mol. The molecule has 0 bridgehead atoms. The predicted octanol–water partition coefficient (Wildman–Crippen LogP) is 3.64. The van der Waals surface area contributed by atoms with Crippen LogP contribution in [0.1, 0.15) is 0 Å². The lowest BCUT2D eigenvalue weighted by atomic mass is 9.36. The molecule has 2 aliphatic heterocycles. The van der Waals surface area contributed by atoms with Crippen LogP contribution in [-0.4, -0.2) is 30.3 Å². The number of nitrogens with zero attached hydrogens (tertiary/aromatic N) is 3. The molecule has 0 amide bonds. The number of pyridine rings is 1. The molecule has 1 atom stereocenters. The zero-order valence-electron chi connectivity index (χ0n) is 21.7. The van der Waals surface area contributed by atoms with Gasteiger partial charge in [-0.05, 0) is 54.2 Å². The Hall–Kier alpha value is -4.34. The number of rotatable bonds is 5. The number of hydrogen-bond donors (Lipinski definition) is 0. The fraction of sp³-hybridized carbons (Fsp3) is 0.0606. The van der Waals surface area contributed by atoms with Crippen LogP contribution >= 0.6 is 7.92 Å². The average Bonchev–Trinajstić information content (AvgIpc) is 3.43. The number of ether oxygens (including phenoxy) is 1. The van der Waals surface area contributed by atoms with Crippen molar-refractivity contribution in [2.24, 2.45) is 0 Å². The fourth-order valence-electron chi connectivity index (χ4n) is 5.58. The predicted molar refractivity (Wildman–Crippen MR) is 165 cm³/mol. The maximum atomic E-state index is 6.16. The van der Waals surface area contributed by atoms with Gasteiger partial charge in [0.1, 0.15) is 5.75 Å². The summed E-state index contributed by atoms with van der Waals surface area (Å²) in [5.74, 6) is 1.39. The summed E-state index contributed by atoms with van der Waals surface area (Å²) in [7, 11) is 1.42. The maximum Gasteiger partial charge on any atom is 0.243 e. The number of anilines is 1. The van der Waals surface area contributed by atoms with Gasteiger partial charge < -0.3 is 14.5 Å². The molecule has 0 saturated carbocycles. The van der Waals surface area contributed by atoms with Gasteiger partial charge in [-0.1, -0.05) is 95.3 Å². The number of aromatic nitrogens is 1. The van der Waals surface area contributed by atoms with E-state index in [2.05, 4.69) is 125 Å². The summed E-state index contributed by atoms with van der Waals surface area (Å²) < 4.78 is 6.16. The van der Waals surface area contributed by atoms with E-state index in [-0.39, 0.29) is 6.71 Å². The molecule has 1 aromatic heterocycles. The van der Waals surface area contributed by atoms with Crippen LogP contribution in [0.25, 0.3) is 0 Å². The molecule has 39 heavy (non-hydrogen) atoms. The number of fused-ring (bicyclic) bond motifs is 2. The quantitative estimate of drug-likeness (QED) is 0.255. The van der Waals surface area contributed by atoms with Gasteiger partial charge in [0, 0.05) is 37.4 Å². The van der Waals surface area contributed by atoms with E-state index in [0.29, 0.717) is 5.88 Å². The summed E-state index contributed by atoms with van der Waals surface area (Å²) in [6, 6.07) is 41.2. The summed E-state index contributed by atoms with van der Waals surface area (Å²) in [6.07, 6.45) is 6.04. The zero-order chi connectivity index (χ0) is 26.2. The van der Waals surface area contributed by atoms with Crippen LogP contribution in [0.4, 0.5) is 5.69 Å². The van der Waals surface area contributed by atoms with Crippen LogP contribution in [0.2, 0.25) is 0 Å². The van der Waals surface area contributed by atoms with Crippen molar-refractivity contribution in [2.45, 2.75) is 0 Å². The second kappa shape index (κ2) is 10.1. The van der Waals surface area contributed by atoms with Crippen molar-refractivity contribution in [3.63, 3.8) is 0 Å². The van der Waals surface area contributed by atoms with Gasteiger partial charge in [-0.2, -0.15) is 0 Å². The Labute approximate surface area is 231 Å². The van der Waals surface area contributed by atoms with E-state index in [0.717, 1.165) is 12.4 Å². The highest BCUT2D eigenvalue weighted by Crippen LogP contribution is 2.35. The molecule has 0 aliphatic carbocycles. The highest BCUT2D eigenvalue weighted by molar-refractivity contribution is 7.81. The smallest absolute Gasteiger partial charge is 0.243 e. The summed E-state index contributed by atoms with van der Waals surface area (Å²) in [6.45, 7) is 0.941. The van der Waals surface area contributed by atoms with Crippen LogP contribution in [0.15, 0.2) is 134 Å². The Morgan fingerprint density at radius 3 is 2.38 bits per heavy atom. The molecule has 0 fully saturated rings. The molecule has 188 valence electrons. The molecular formula is C33H27BN3OP. The molecule has 5 aromatic rings. The van der Waals surface area contributed by atoms with Gasteiger partial charge in [0.25, 0.3) is 0 Å². The molecule has 4 aromatic carbocycles. The van der Waals surface area contributed by atoms with E-state index in [1.54, 1.807) is 6.20 Å². The van der Waals surface area contributed by atoms with Crippen LogP contribution in [0.3, 0.4) is 0 Å². The molecule has 0 spiro atoms. The van der Waals surface area contributed by atoms with Crippen molar-refractivity contribution in [3.05, 3.63) is 134 Å². The van der Waals surface area contributed by atoms with E-state index in [4.69, 9.17) is 4.74 Å². The molecule has 0 N–H and O–H groups in total. The highest BCUT2D eigenvalue weighted by atomic mass is 31.1. The molecule has 7 rings (SSSR count). The standard InChI is InChI=1S/C33H27BN3OP/c1-36-20-21-37(24-36)26-17-18-32-30(23-26)34(25-10-9-11-27(22-25)38-33-16-7-8-19-35-33)29-14-5-6-15-31(29)39(32)28-12-3-2-4-13-28/h2-23H,24H2,1H3. The Bertz CT molecular complexity index is 1660. The normalized spacial score (nSPS) is 15.7.